The van der Waals surface area contributed by atoms with E-state index in [4.69, 9.17) is 16.3 Å². The molecule has 0 aromatic heterocycles. The third-order valence-electron chi connectivity index (χ3n) is 4.80. The highest BCUT2D eigenvalue weighted by molar-refractivity contribution is 6.30. The van der Waals surface area contributed by atoms with Gasteiger partial charge in [0.25, 0.3) is 0 Å². The van der Waals surface area contributed by atoms with Gasteiger partial charge in [0.05, 0.1) is 19.1 Å². The standard InChI is InChI=1S/C20H20ClFN2O3/c1-24-18(25)10-15(19(24)13-4-3-5-14(21)9-13)20(26)23-11-12-6-7-17(27-2)16(22)8-12/h3-9,15,19H,10-11H2,1-2H3,(H,23,26). The smallest absolute Gasteiger partial charge is 0.226 e. The van der Waals surface area contributed by atoms with E-state index in [2.05, 4.69) is 5.32 Å². The molecule has 0 spiro atoms. The van der Waals surface area contributed by atoms with Crippen LogP contribution in [0.25, 0.3) is 0 Å². The number of benzene rings is 2. The Labute approximate surface area is 162 Å². The minimum Gasteiger partial charge on any atom is -0.494 e. The van der Waals surface area contributed by atoms with E-state index in [9.17, 15) is 14.0 Å². The summed E-state index contributed by atoms with van der Waals surface area (Å²) >= 11 is 6.07. The molecule has 0 radical (unpaired) electrons. The lowest BCUT2D eigenvalue weighted by Crippen LogP contribution is -2.34. The van der Waals surface area contributed by atoms with Crippen LogP contribution in [0.15, 0.2) is 42.5 Å². The van der Waals surface area contributed by atoms with Gasteiger partial charge in [-0.2, -0.15) is 0 Å². The van der Waals surface area contributed by atoms with Gasteiger partial charge < -0.3 is 15.0 Å². The van der Waals surface area contributed by atoms with Gasteiger partial charge in [-0.3, -0.25) is 9.59 Å². The van der Waals surface area contributed by atoms with Gasteiger partial charge in [0.1, 0.15) is 0 Å². The molecule has 1 saturated heterocycles. The van der Waals surface area contributed by atoms with E-state index in [-0.39, 0.29) is 36.6 Å². The van der Waals surface area contributed by atoms with Gasteiger partial charge in [0.2, 0.25) is 11.8 Å². The van der Waals surface area contributed by atoms with Crippen LogP contribution in [-0.2, 0) is 16.1 Å². The second-order valence-corrected chi connectivity index (χ2v) is 6.94. The fourth-order valence-electron chi connectivity index (χ4n) is 3.39. The van der Waals surface area contributed by atoms with Gasteiger partial charge in [-0.05, 0) is 35.4 Å². The van der Waals surface area contributed by atoms with Gasteiger partial charge in [-0.1, -0.05) is 29.8 Å². The van der Waals surface area contributed by atoms with Crippen LogP contribution in [0.3, 0.4) is 0 Å². The molecule has 0 saturated carbocycles. The molecule has 2 aromatic rings. The summed E-state index contributed by atoms with van der Waals surface area (Å²) in [4.78, 5) is 26.5. The molecule has 3 rings (SSSR count). The van der Waals surface area contributed by atoms with Crippen molar-refractivity contribution in [3.05, 3.63) is 64.4 Å². The van der Waals surface area contributed by atoms with Crippen LogP contribution in [0.1, 0.15) is 23.6 Å². The number of likely N-dealkylation sites (tertiary alicyclic amines) is 1. The number of ether oxygens (including phenoxy) is 1. The Hall–Kier alpha value is -2.60. The Bertz CT molecular complexity index is 874. The molecule has 0 bridgehead atoms. The Morgan fingerprint density at radius 3 is 2.78 bits per heavy atom. The highest BCUT2D eigenvalue weighted by atomic mass is 35.5. The molecule has 2 atom stereocenters. The summed E-state index contributed by atoms with van der Waals surface area (Å²) in [5, 5.41) is 3.35. The van der Waals surface area contributed by atoms with Gasteiger partial charge >= 0.3 is 0 Å². The number of carbonyl (C=O) groups excluding carboxylic acids is 2. The van der Waals surface area contributed by atoms with Crippen molar-refractivity contribution >= 4 is 23.4 Å². The number of nitrogens with zero attached hydrogens (tertiary/aromatic N) is 1. The largest absolute Gasteiger partial charge is 0.494 e. The molecule has 1 heterocycles. The summed E-state index contributed by atoms with van der Waals surface area (Å²) in [6.07, 6.45) is 0.122. The third-order valence-corrected chi connectivity index (χ3v) is 5.03. The maximum Gasteiger partial charge on any atom is 0.226 e. The molecule has 27 heavy (non-hydrogen) atoms. The molecule has 1 aliphatic heterocycles. The molecule has 7 heteroatoms. The van der Waals surface area contributed by atoms with Crippen LogP contribution in [0, 0.1) is 11.7 Å². The second-order valence-electron chi connectivity index (χ2n) is 6.50. The van der Waals surface area contributed by atoms with E-state index < -0.39 is 11.7 Å². The zero-order valence-corrected chi connectivity index (χ0v) is 15.8. The van der Waals surface area contributed by atoms with Crippen molar-refractivity contribution < 1.29 is 18.7 Å². The SMILES string of the molecule is COc1ccc(CNC(=O)C2CC(=O)N(C)C2c2cccc(Cl)c2)cc1F. The first-order valence-corrected chi connectivity index (χ1v) is 8.89. The first kappa shape index (κ1) is 19.2. The number of halogens is 2. The highest BCUT2D eigenvalue weighted by Gasteiger charge is 2.42. The molecule has 1 aliphatic rings. The van der Waals surface area contributed by atoms with Crippen LogP contribution < -0.4 is 10.1 Å². The van der Waals surface area contributed by atoms with E-state index in [1.165, 1.54) is 19.2 Å². The van der Waals surface area contributed by atoms with E-state index in [1.54, 1.807) is 36.2 Å². The molecule has 0 aliphatic carbocycles. The van der Waals surface area contributed by atoms with E-state index >= 15 is 0 Å². The number of rotatable bonds is 5. The predicted molar refractivity (Wildman–Crippen MR) is 99.9 cm³/mol. The number of amides is 2. The minimum absolute atomic E-state index is 0.101. The van der Waals surface area contributed by atoms with Gasteiger partial charge in [-0.25, -0.2) is 4.39 Å². The summed E-state index contributed by atoms with van der Waals surface area (Å²) in [5.74, 6) is -1.24. The van der Waals surface area contributed by atoms with Crippen molar-refractivity contribution in [1.29, 1.82) is 0 Å². The predicted octanol–water partition coefficient (Wildman–Crippen LogP) is 3.32. The maximum absolute atomic E-state index is 13.8. The first-order valence-electron chi connectivity index (χ1n) is 8.52. The fourth-order valence-corrected chi connectivity index (χ4v) is 3.59. The van der Waals surface area contributed by atoms with E-state index in [1.807, 2.05) is 6.07 Å². The summed E-state index contributed by atoms with van der Waals surface area (Å²) in [6, 6.07) is 11.3. The lowest BCUT2D eigenvalue weighted by atomic mass is 9.93. The molecule has 2 aromatic carbocycles. The van der Waals surface area contributed by atoms with Crippen molar-refractivity contribution in [1.82, 2.24) is 10.2 Å². The second kappa shape index (κ2) is 7.96. The summed E-state index contributed by atoms with van der Waals surface area (Å²) in [5.41, 5.74) is 1.42. The van der Waals surface area contributed by atoms with Crippen LogP contribution in [0.5, 0.6) is 5.75 Å². The van der Waals surface area contributed by atoms with Crippen molar-refractivity contribution in [2.75, 3.05) is 14.2 Å². The molecule has 2 amide bonds. The number of hydrogen-bond donors (Lipinski definition) is 1. The van der Waals surface area contributed by atoms with Gasteiger partial charge in [0, 0.05) is 25.0 Å². The Morgan fingerprint density at radius 2 is 2.11 bits per heavy atom. The zero-order valence-electron chi connectivity index (χ0n) is 15.0. The van der Waals surface area contributed by atoms with Crippen LogP contribution in [0.2, 0.25) is 5.02 Å². The topological polar surface area (TPSA) is 58.6 Å². The zero-order chi connectivity index (χ0) is 19.6. The van der Waals surface area contributed by atoms with Crippen molar-refractivity contribution in [3.63, 3.8) is 0 Å². The Balaban J connectivity index is 1.74. The highest BCUT2D eigenvalue weighted by Crippen LogP contribution is 2.37. The third kappa shape index (κ3) is 4.06. The summed E-state index contributed by atoms with van der Waals surface area (Å²) < 4.78 is 18.7. The lowest BCUT2D eigenvalue weighted by Gasteiger charge is -2.25. The Morgan fingerprint density at radius 1 is 1.33 bits per heavy atom. The van der Waals surface area contributed by atoms with Crippen molar-refractivity contribution in [2.24, 2.45) is 5.92 Å². The molecule has 2 unspecified atom stereocenters. The molecular weight excluding hydrogens is 371 g/mol. The number of carbonyl (C=O) groups is 2. The van der Waals surface area contributed by atoms with Crippen LogP contribution in [0.4, 0.5) is 4.39 Å². The van der Waals surface area contributed by atoms with Crippen molar-refractivity contribution in [3.8, 4) is 5.75 Å². The molecule has 142 valence electrons. The van der Waals surface area contributed by atoms with Gasteiger partial charge in [0.15, 0.2) is 11.6 Å². The van der Waals surface area contributed by atoms with Gasteiger partial charge in [-0.15, -0.1) is 0 Å². The van der Waals surface area contributed by atoms with E-state index in [0.29, 0.717) is 10.6 Å². The molecule has 5 nitrogen and oxygen atoms in total. The molecule has 1 N–H and O–H groups in total. The number of methoxy groups -OCH3 is 1. The summed E-state index contributed by atoms with van der Waals surface area (Å²) in [6.45, 7) is 0.163. The lowest BCUT2D eigenvalue weighted by molar-refractivity contribution is -0.128. The quantitative estimate of drug-likeness (QED) is 0.852. The normalized spacial score (nSPS) is 19.3. The summed E-state index contributed by atoms with van der Waals surface area (Å²) in [7, 11) is 3.07. The number of hydrogen-bond acceptors (Lipinski definition) is 3. The van der Waals surface area contributed by atoms with E-state index in [0.717, 1.165) is 5.56 Å². The first-order chi connectivity index (χ1) is 12.9. The Kier molecular flexibility index (Phi) is 5.65. The average molecular weight is 391 g/mol. The fraction of sp³-hybridized carbons (Fsp3) is 0.300. The van der Waals surface area contributed by atoms with Crippen LogP contribution in [-0.4, -0.2) is 30.9 Å². The maximum atomic E-state index is 13.8. The van der Waals surface area contributed by atoms with Crippen LogP contribution >= 0.6 is 11.6 Å². The monoisotopic (exact) mass is 390 g/mol. The van der Waals surface area contributed by atoms with Crippen molar-refractivity contribution in [2.45, 2.75) is 19.0 Å². The molecule has 1 fully saturated rings. The minimum atomic E-state index is -0.538. The number of nitrogens with one attached hydrogen (secondary N) is 1. The molecular formula is C20H20ClFN2O3. The average Bonchev–Trinajstić information content (AvgIpc) is 2.95.